The standard InChI is InChI=1S/C10H16N2O8.Fe.Na.H/c13-7(14)3-5(9(17)18)11-1-2-12-6(10(19)20)4-8(15)16;;;/h5-6,11-12H,1-4H2,(H,13,14)(H,15,16)(H,17,18)(H,19,20);;;/t5-,6-;;;/m0.../s1. The van der Waals surface area contributed by atoms with Crippen LogP contribution in [-0.2, 0) is 36.2 Å². The van der Waals surface area contributed by atoms with E-state index in [2.05, 4.69) is 10.6 Å². The molecule has 0 bridgehead atoms. The van der Waals surface area contributed by atoms with Crippen LogP contribution in [0.25, 0.3) is 0 Å². The summed E-state index contributed by atoms with van der Waals surface area (Å²) >= 11 is 0. The van der Waals surface area contributed by atoms with Crippen molar-refractivity contribution in [3.8, 4) is 0 Å². The van der Waals surface area contributed by atoms with Crippen LogP contribution in [0.5, 0.6) is 0 Å². The van der Waals surface area contributed by atoms with Crippen molar-refractivity contribution in [1.29, 1.82) is 0 Å². The molecule has 0 radical (unpaired) electrons. The topological polar surface area (TPSA) is 173 Å². The minimum absolute atomic E-state index is 0. The van der Waals surface area contributed by atoms with E-state index in [-0.39, 0.29) is 59.7 Å². The maximum atomic E-state index is 10.7. The van der Waals surface area contributed by atoms with Crippen LogP contribution in [0.3, 0.4) is 0 Å². The van der Waals surface area contributed by atoms with Gasteiger partial charge in [-0.1, -0.05) is 0 Å². The maximum absolute atomic E-state index is 10.7. The third-order valence-electron chi connectivity index (χ3n) is 2.26. The van der Waals surface area contributed by atoms with E-state index in [1.54, 1.807) is 0 Å². The molecule has 0 saturated heterocycles. The van der Waals surface area contributed by atoms with E-state index >= 15 is 0 Å². The van der Waals surface area contributed by atoms with Gasteiger partial charge in [0.25, 0.3) is 0 Å². The van der Waals surface area contributed by atoms with Crippen LogP contribution in [0, 0.1) is 0 Å². The first-order valence-corrected chi connectivity index (χ1v) is 5.60. The van der Waals surface area contributed by atoms with Crippen LogP contribution in [0.2, 0.25) is 0 Å². The van der Waals surface area contributed by atoms with Crippen LogP contribution in [0.15, 0.2) is 0 Å². The van der Waals surface area contributed by atoms with Gasteiger partial charge in [0, 0.05) is 30.2 Å². The molecule has 22 heavy (non-hydrogen) atoms. The van der Waals surface area contributed by atoms with Gasteiger partial charge in [-0.25, -0.2) is 0 Å². The normalized spacial score (nSPS) is 12.2. The Bertz CT molecular complexity index is 359. The molecule has 0 saturated carbocycles. The Balaban J connectivity index is -0.00000180. The molecule has 0 aromatic heterocycles. The summed E-state index contributed by atoms with van der Waals surface area (Å²) in [6.45, 7) is -0.0404. The molecule has 0 amide bonds. The molecule has 124 valence electrons. The summed E-state index contributed by atoms with van der Waals surface area (Å²) in [4.78, 5) is 42.2. The number of rotatable bonds is 11. The Hall–Kier alpha value is -0.681. The fraction of sp³-hybridized carbons (Fsp3) is 0.600. The van der Waals surface area contributed by atoms with Crippen LogP contribution >= 0.6 is 0 Å². The van der Waals surface area contributed by atoms with E-state index in [0.29, 0.717) is 0 Å². The predicted octanol–water partition coefficient (Wildman–Crippen LogP) is -2.63. The molecule has 12 heteroatoms. The zero-order valence-corrected chi connectivity index (χ0v) is 11.9. The molecule has 6 N–H and O–H groups in total. The zero-order valence-electron chi connectivity index (χ0n) is 10.8. The molecule has 0 aliphatic heterocycles. The van der Waals surface area contributed by atoms with Crippen molar-refractivity contribution in [1.82, 2.24) is 10.6 Å². The van der Waals surface area contributed by atoms with Gasteiger partial charge in [-0.3, -0.25) is 19.2 Å². The molecule has 0 unspecified atom stereocenters. The van der Waals surface area contributed by atoms with Crippen molar-refractivity contribution in [2.45, 2.75) is 24.9 Å². The van der Waals surface area contributed by atoms with Crippen LogP contribution in [0.1, 0.15) is 12.8 Å². The number of hydrogen-bond acceptors (Lipinski definition) is 6. The Morgan fingerprint density at radius 3 is 1.18 bits per heavy atom. The van der Waals surface area contributed by atoms with E-state index in [0.717, 1.165) is 0 Å². The van der Waals surface area contributed by atoms with Gasteiger partial charge in [0.05, 0.1) is 12.8 Å². The van der Waals surface area contributed by atoms with Crippen LogP contribution in [-0.4, -0.2) is 99.0 Å². The molecule has 2 atom stereocenters. The summed E-state index contributed by atoms with van der Waals surface area (Å²) in [6.07, 6.45) is -1.24. The first-order valence-electron chi connectivity index (χ1n) is 5.60. The van der Waals surface area contributed by atoms with Crippen molar-refractivity contribution < 1.29 is 56.7 Å². The van der Waals surface area contributed by atoms with E-state index in [1.165, 1.54) is 0 Å². The predicted molar refractivity (Wildman–Crippen MR) is 70.5 cm³/mol. The Morgan fingerprint density at radius 1 is 0.727 bits per heavy atom. The van der Waals surface area contributed by atoms with Gasteiger partial charge >= 0.3 is 53.4 Å². The quantitative estimate of drug-likeness (QED) is 0.166. The summed E-state index contributed by atoms with van der Waals surface area (Å²) in [6, 6.07) is -2.59. The van der Waals surface area contributed by atoms with Gasteiger partial charge in [0.2, 0.25) is 0 Å². The molecule has 0 fully saturated rings. The number of carboxylic acid groups (broad SMARTS) is 4. The van der Waals surface area contributed by atoms with E-state index in [1.807, 2.05) is 0 Å². The molecular weight excluding hydrogens is 355 g/mol. The number of aliphatic carboxylic acids is 4. The molecule has 0 aliphatic rings. The van der Waals surface area contributed by atoms with E-state index < -0.39 is 48.8 Å². The van der Waals surface area contributed by atoms with Gasteiger partial charge in [-0.05, 0) is 0 Å². The molecule has 0 rings (SSSR count). The third kappa shape index (κ3) is 13.0. The zero-order chi connectivity index (χ0) is 15.7. The van der Waals surface area contributed by atoms with Crippen molar-refractivity contribution in [3.63, 3.8) is 0 Å². The van der Waals surface area contributed by atoms with Gasteiger partial charge < -0.3 is 31.1 Å². The second-order valence-corrected chi connectivity index (χ2v) is 3.89. The summed E-state index contributed by atoms with van der Waals surface area (Å²) in [7, 11) is 0. The van der Waals surface area contributed by atoms with Crippen molar-refractivity contribution in [2.75, 3.05) is 13.1 Å². The molecule has 0 aliphatic carbocycles. The SMILES string of the molecule is O=C(O)C[C@H](NCCN[C@@H](CC(=O)O)C(=O)O)C(=O)O.[Fe].[NaH]. The molecule has 0 aromatic carbocycles. The summed E-state index contributed by atoms with van der Waals surface area (Å²) in [5.41, 5.74) is 0. The average molecular weight is 372 g/mol. The number of nitrogens with one attached hydrogen (secondary N) is 2. The Kier molecular flexibility index (Phi) is 16.6. The second kappa shape index (κ2) is 13.9. The fourth-order valence-corrected chi connectivity index (χ4v) is 1.34. The van der Waals surface area contributed by atoms with Crippen molar-refractivity contribution in [3.05, 3.63) is 0 Å². The van der Waals surface area contributed by atoms with E-state index in [4.69, 9.17) is 20.4 Å². The summed E-state index contributed by atoms with van der Waals surface area (Å²) in [5, 5.41) is 39.2. The first-order chi connectivity index (χ1) is 9.23. The monoisotopic (exact) mass is 372 g/mol. The summed E-state index contributed by atoms with van der Waals surface area (Å²) in [5.74, 6) is -5.25. The molecule has 0 spiro atoms. The molecular formula is C10H17FeN2NaO8. The summed E-state index contributed by atoms with van der Waals surface area (Å²) < 4.78 is 0. The number of carbonyl (C=O) groups is 4. The number of carboxylic acids is 4. The van der Waals surface area contributed by atoms with Crippen LogP contribution in [0.4, 0.5) is 0 Å². The Labute approximate surface area is 158 Å². The molecule has 0 heterocycles. The molecule has 10 nitrogen and oxygen atoms in total. The fourth-order valence-electron chi connectivity index (χ4n) is 1.34. The van der Waals surface area contributed by atoms with Crippen molar-refractivity contribution >= 4 is 53.4 Å². The number of hydrogen-bond donors (Lipinski definition) is 6. The first kappa shape index (κ1) is 26.2. The van der Waals surface area contributed by atoms with Crippen LogP contribution < -0.4 is 10.6 Å². The third-order valence-corrected chi connectivity index (χ3v) is 2.26. The average Bonchev–Trinajstić information content (AvgIpc) is 2.29. The van der Waals surface area contributed by atoms with Gasteiger partial charge in [0.1, 0.15) is 12.1 Å². The van der Waals surface area contributed by atoms with Gasteiger partial charge in [0.15, 0.2) is 0 Å². The second-order valence-electron chi connectivity index (χ2n) is 3.89. The van der Waals surface area contributed by atoms with E-state index in [9.17, 15) is 19.2 Å². The van der Waals surface area contributed by atoms with Crippen molar-refractivity contribution in [2.24, 2.45) is 0 Å². The Morgan fingerprint density at radius 2 is 1.00 bits per heavy atom. The van der Waals surface area contributed by atoms with Gasteiger partial charge in [-0.15, -0.1) is 0 Å². The molecule has 0 aromatic rings. The minimum atomic E-state index is -1.34. The van der Waals surface area contributed by atoms with Gasteiger partial charge in [-0.2, -0.15) is 0 Å².